The number of benzene rings is 1. The van der Waals surface area contributed by atoms with E-state index in [1.165, 1.54) is 22.5 Å². The largest absolute Gasteiger partial charge is 0.396 e. The van der Waals surface area contributed by atoms with Gasteiger partial charge in [0.25, 0.3) is 10.2 Å². The number of aliphatic hydroxyl groups is 1. The van der Waals surface area contributed by atoms with Crippen LogP contribution in [0, 0.1) is 11.7 Å². The molecule has 1 aromatic rings. The minimum absolute atomic E-state index is 0.0320. The normalized spacial score (nSPS) is 18.0. The smallest absolute Gasteiger partial charge is 0.279 e. The predicted octanol–water partition coefficient (Wildman–Crippen LogP) is 1.52. The zero-order valence-corrected chi connectivity index (χ0v) is 13.0. The van der Waals surface area contributed by atoms with Gasteiger partial charge in [0.05, 0.1) is 5.02 Å². The van der Waals surface area contributed by atoms with Crippen LogP contribution in [0.15, 0.2) is 18.2 Å². The maximum Gasteiger partial charge on any atom is 0.279 e. The number of piperidine rings is 1. The zero-order chi connectivity index (χ0) is 15.5. The number of hydrogen-bond donors (Lipinski definition) is 2. The minimum Gasteiger partial charge on any atom is -0.396 e. The SMILES string of the molecule is O=S(=O)(NCc1ccc(F)c(Cl)c1)N1CCC(CO)CC1. The van der Waals surface area contributed by atoms with Gasteiger partial charge in [0.2, 0.25) is 0 Å². The van der Waals surface area contributed by atoms with Crippen molar-refractivity contribution >= 4 is 21.8 Å². The second-order valence-corrected chi connectivity index (χ2v) is 7.26. The molecule has 0 saturated carbocycles. The molecule has 8 heteroatoms. The van der Waals surface area contributed by atoms with E-state index in [0.29, 0.717) is 31.5 Å². The van der Waals surface area contributed by atoms with Gasteiger partial charge in [-0.2, -0.15) is 17.4 Å². The molecule has 0 aromatic heterocycles. The monoisotopic (exact) mass is 336 g/mol. The maximum atomic E-state index is 13.0. The van der Waals surface area contributed by atoms with Crippen LogP contribution >= 0.6 is 11.6 Å². The molecule has 0 radical (unpaired) electrons. The summed E-state index contributed by atoms with van der Waals surface area (Å²) >= 11 is 5.66. The molecule has 1 saturated heterocycles. The van der Waals surface area contributed by atoms with E-state index >= 15 is 0 Å². The Bertz CT molecular complexity index is 589. The third kappa shape index (κ3) is 4.37. The van der Waals surface area contributed by atoms with E-state index in [0.717, 1.165) is 0 Å². The Labute approximate surface area is 128 Å². The molecule has 21 heavy (non-hydrogen) atoms. The van der Waals surface area contributed by atoms with E-state index in [9.17, 15) is 12.8 Å². The summed E-state index contributed by atoms with van der Waals surface area (Å²) in [6.45, 7) is 0.938. The van der Waals surface area contributed by atoms with Crippen molar-refractivity contribution in [2.24, 2.45) is 5.92 Å². The molecule has 1 aromatic carbocycles. The second kappa shape index (κ2) is 7.02. The molecule has 1 fully saturated rings. The van der Waals surface area contributed by atoms with E-state index in [1.54, 1.807) is 0 Å². The fourth-order valence-electron chi connectivity index (χ4n) is 2.25. The lowest BCUT2D eigenvalue weighted by Gasteiger charge is -2.30. The summed E-state index contributed by atoms with van der Waals surface area (Å²) < 4.78 is 41.2. The van der Waals surface area contributed by atoms with Crippen molar-refractivity contribution in [3.05, 3.63) is 34.6 Å². The van der Waals surface area contributed by atoms with Crippen molar-refractivity contribution in [3.63, 3.8) is 0 Å². The molecule has 0 amide bonds. The summed E-state index contributed by atoms with van der Waals surface area (Å²) in [5, 5.41) is 9.02. The van der Waals surface area contributed by atoms with Crippen LogP contribution in [0.25, 0.3) is 0 Å². The topological polar surface area (TPSA) is 69.6 Å². The summed E-state index contributed by atoms with van der Waals surface area (Å²) in [5.74, 6) is -0.360. The van der Waals surface area contributed by atoms with Crippen LogP contribution < -0.4 is 4.72 Å². The third-order valence-corrected chi connectivity index (χ3v) is 5.46. The highest BCUT2D eigenvalue weighted by Gasteiger charge is 2.27. The maximum absolute atomic E-state index is 13.0. The van der Waals surface area contributed by atoms with E-state index in [-0.39, 0.29) is 24.1 Å². The van der Waals surface area contributed by atoms with E-state index in [2.05, 4.69) is 4.72 Å². The number of nitrogens with zero attached hydrogens (tertiary/aromatic N) is 1. The molecule has 1 heterocycles. The molecule has 1 aliphatic heterocycles. The van der Waals surface area contributed by atoms with Crippen LogP contribution in [0.1, 0.15) is 18.4 Å². The van der Waals surface area contributed by atoms with Crippen LogP contribution in [-0.2, 0) is 16.8 Å². The van der Waals surface area contributed by atoms with Crippen molar-refractivity contribution in [1.82, 2.24) is 9.03 Å². The Morgan fingerprint density at radius 1 is 1.38 bits per heavy atom. The molecule has 118 valence electrons. The summed E-state index contributed by atoms with van der Waals surface area (Å²) in [7, 11) is -3.57. The second-order valence-electron chi connectivity index (χ2n) is 5.10. The molecule has 1 aliphatic rings. The minimum atomic E-state index is -3.57. The average Bonchev–Trinajstić information content (AvgIpc) is 2.48. The molecule has 0 bridgehead atoms. The zero-order valence-electron chi connectivity index (χ0n) is 11.4. The Balaban J connectivity index is 1.93. The number of hydrogen-bond acceptors (Lipinski definition) is 3. The summed E-state index contributed by atoms with van der Waals surface area (Å²) in [6.07, 6.45) is 1.31. The molecule has 0 atom stereocenters. The van der Waals surface area contributed by atoms with Crippen molar-refractivity contribution in [3.8, 4) is 0 Å². The van der Waals surface area contributed by atoms with Gasteiger partial charge in [0.1, 0.15) is 5.82 Å². The fraction of sp³-hybridized carbons (Fsp3) is 0.538. The van der Waals surface area contributed by atoms with Crippen LogP contribution in [0.5, 0.6) is 0 Å². The van der Waals surface area contributed by atoms with Crippen molar-refractivity contribution in [2.75, 3.05) is 19.7 Å². The third-order valence-electron chi connectivity index (χ3n) is 3.61. The molecule has 0 unspecified atom stereocenters. The molecule has 5 nitrogen and oxygen atoms in total. The molecule has 0 aliphatic carbocycles. The summed E-state index contributed by atoms with van der Waals surface area (Å²) in [5.41, 5.74) is 0.593. The summed E-state index contributed by atoms with van der Waals surface area (Å²) in [4.78, 5) is 0. The first kappa shape index (κ1) is 16.6. The molecular weight excluding hydrogens is 319 g/mol. The predicted molar refractivity (Wildman–Crippen MR) is 78.6 cm³/mol. The lowest BCUT2D eigenvalue weighted by atomic mass is 10.00. The average molecular weight is 337 g/mol. The molecule has 2 N–H and O–H groups in total. The van der Waals surface area contributed by atoms with Gasteiger partial charge in [-0.1, -0.05) is 17.7 Å². The highest BCUT2D eigenvalue weighted by molar-refractivity contribution is 7.87. The van der Waals surface area contributed by atoms with E-state index < -0.39 is 16.0 Å². The van der Waals surface area contributed by atoms with Gasteiger partial charge in [0.15, 0.2) is 0 Å². The van der Waals surface area contributed by atoms with Crippen molar-refractivity contribution < 1.29 is 17.9 Å². The van der Waals surface area contributed by atoms with Crippen LogP contribution in [0.4, 0.5) is 4.39 Å². The van der Waals surface area contributed by atoms with Gasteiger partial charge in [-0.15, -0.1) is 0 Å². The highest BCUT2D eigenvalue weighted by atomic mass is 35.5. The molecular formula is C13H18ClFN2O3S. The highest BCUT2D eigenvalue weighted by Crippen LogP contribution is 2.19. The lowest BCUT2D eigenvalue weighted by molar-refractivity contribution is 0.169. The van der Waals surface area contributed by atoms with E-state index in [1.807, 2.05) is 0 Å². The van der Waals surface area contributed by atoms with Crippen molar-refractivity contribution in [1.29, 1.82) is 0 Å². The van der Waals surface area contributed by atoms with E-state index in [4.69, 9.17) is 16.7 Å². The van der Waals surface area contributed by atoms with Crippen LogP contribution in [0.3, 0.4) is 0 Å². The quantitative estimate of drug-likeness (QED) is 0.856. The summed E-state index contributed by atoms with van der Waals surface area (Å²) in [6, 6.07) is 4.10. The van der Waals surface area contributed by atoms with Gasteiger partial charge >= 0.3 is 0 Å². The van der Waals surface area contributed by atoms with Crippen LogP contribution in [0.2, 0.25) is 5.02 Å². The first-order chi connectivity index (χ1) is 9.92. The van der Waals surface area contributed by atoms with Crippen molar-refractivity contribution in [2.45, 2.75) is 19.4 Å². The van der Waals surface area contributed by atoms with Gasteiger partial charge in [-0.3, -0.25) is 0 Å². The van der Waals surface area contributed by atoms with Gasteiger partial charge in [-0.25, -0.2) is 4.39 Å². The van der Waals surface area contributed by atoms with Gasteiger partial charge in [-0.05, 0) is 36.5 Å². The number of nitrogens with one attached hydrogen (secondary N) is 1. The lowest BCUT2D eigenvalue weighted by Crippen LogP contribution is -2.45. The van der Waals surface area contributed by atoms with Gasteiger partial charge in [0, 0.05) is 26.2 Å². The van der Waals surface area contributed by atoms with Gasteiger partial charge < -0.3 is 5.11 Å². The Morgan fingerprint density at radius 2 is 2.05 bits per heavy atom. The molecule has 2 rings (SSSR count). The Hall–Kier alpha value is -0.730. The molecule has 0 spiro atoms. The number of rotatable bonds is 5. The Morgan fingerprint density at radius 3 is 2.62 bits per heavy atom. The Kier molecular flexibility index (Phi) is 5.56. The fourth-order valence-corrected chi connectivity index (χ4v) is 3.67. The number of aliphatic hydroxyl groups excluding tert-OH is 1. The first-order valence-corrected chi connectivity index (χ1v) is 8.53. The first-order valence-electron chi connectivity index (χ1n) is 6.72. The standard InChI is InChI=1S/C13H18ClFN2O3S/c14-12-7-11(1-2-13(12)15)8-16-21(19,20)17-5-3-10(9-18)4-6-17/h1-2,7,10,16,18H,3-6,8-9H2. The van der Waals surface area contributed by atoms with Crippen LogP contribution in [-0.4, -0.2) is 37.5 Å². The number of halogens is 2.